The van der Waals surface area contributed by atoms with Crippen molar-refractivity contribution in [3.8, 4) is 5.88 Å². The molecule has 1 fully saturated rings. The maximum absolute atomic E-state index is 13.1. The zero-order valence-corrected chi connectivity index (χ0v) is 19.0. The van der Waals surface area contributed by atoms with Gasteiger partial charge in [0.2, 0.25) is 5.60 Å². The number of esters is 1. The summed E-state index contributed by atoms with van der Waals surface area (Å²) in [6.45, 7) is 1.76. The zero-order chi connectivity index (χ0) is 23.9. The number of hydrogen-bond donors (Lipinski definition) is 3. The Bertz CT molecular complexity index is 1930. The van der Waals surface area contributed by atoms with Gasteiger partial charge in [-0.3, -0.25) is 0 Å². The van der Waals surface area contributed by atoms with Gasteiger partial charge in [0.1, 0.15) is 6.23 Å². The molecule has 0 spiro atoms. The van der Waals surface area contributed by atoms with Crippen LogP contribution in [0.3, 0.4) is 0 Å². The van der Waals surface area contributed by atoms with Crippen LogP contribution in [0.2, 0.25) is 0 Å². The third-order valence-electron chi connectivity index (χ3n) is 8.23. The molecule has 3 aromatic heterocycles. The highest BCUT2D eigenvalue weighted by Gasteiger charge is 2.65. The van der Waals surface area contributed by atoms with Gasteiger partial charge < -0.3 is 33.8 Å². The fraction of sp³-hybridized carbons (Fsp3) is 0.222. The van der Waals surface area contributed by atoms with E-state index in [4.69, 9.17) is 9.47 Å². The zero-order valence-electron chi connectivity index (χ0n) is 19.0. The number of aliphatic hydroxyl groups is 1. The Kier molecular flexibility index (Phi) is 3.19. The van der Waals surface area contributed by atoms with E-state index in [2.05, 4.69) is 9.55 Å². The van der Waals surface area contributed by atoms with Gasteiger partial charge in [0.15, 0.2) is 11.6 Å². The molecule has 174 valence electrons. The highest BCUT2D eigenvalue weighted by atomic mass is 16.6. The number of methoxy groups -OCH3 is 1. The van der Waals surface area contributed by atoms with Crippen molar-refractivity contribution in [1.29, 1.82) is 0 Å². The van der Waals surface area contributed by atoms with Crippen LogP contribution < -0.4 is 0 Å². The summed E-state index contributed by atoms with van der Waals surface area (Å²) in [5, 5.41) is 28.3. The molecule has 3 atom stereocenters. The molecule has 8 rings (SSSR count). The molecule has 8 heteroatoms. The molecule has 1 unspecified atom stereocenters. The molecule has 8 nitrogen and oxygen atoms in total. The van der Waals surface area contributed by atoms with Crippen LogP contribution >= 0.6 is 0 Å². The second-order valence-electron chi connectivity index (χ2n) is 9.72. The molecule has 0 amide bonds. The van der Waals surface area contributed by atoms with Crippen molar-refractivity contribution in [2.75, 3.05) is 7.11 Å². The van der Waals surface area contributed by atoms with Gasteiger partial charge in [0.05, 0.1) is 34.6 Å². The Morgan fingerprint density at radius 1 is 1.03 bits per heavy atom. The highest BCUT2D eigenvalue weighted by molar-refractivity contribution is 6.37. The SMILES string of the molecule is COC(=O)[C@]1(O)CC2O[C@]1(C)n1c3ccccc3c3c4c[nH]c(O)c4c4c5ccccc5n2c4c31. The summed E-state index contributed by atoms with van der Waals surface area (Å²) in [5.41, 5.74) is 0.103. The summed E-state index contributed by atoms with van der Waals surface area (Å²) in [6.07, 6.45) is 1.21. The lowest BCUT2D eigenvalue weighted by Crippen LogP contribution is -2.56. The minimum Gasteiger partial charge on any atom is -0.494 e. The van der Waals surface area contributed by atoms with E-state index < -0.39 is 23.5 Å². The van der Waals surface area contributed by atoms with Crippen LogP contribution in [0.4, 0.5) is 0 Å². The smallest absolute Gasteiger partial charge is 0.343 e. The first kappa shape index (κ1) is 19.3. The minimum atomic E-state index is -1.92. The standard InChI is InChI=1S/C27H21N3O5/c1-26-27(33,25(32)34-2)11-18(35-26)29-16-9-5-3-7-13(16)20-21-15(12-28-24(21)31)19-14-8-4-6-10-17(14)30(26)23(19)22(20)29/h3-10,12,18,28,31,33H,11H2,1-2H3/t18?,26-,27+/m0/s1. The maximum atomic E-state index is 13.1. The first-order valence-corrected chi connectivity index (χ1v) is 11.6. The summed E-state index contributed by atoms with van der Waals surface area (Å²) in [5.74, 6) is -0.626. The fourth-order valence-corrected chi connectivity index (χ4v) is 6.76. The van der Waals surface area contributed by atoms with Gasteiger partial charge in [-0.25, -0.2) is 4.79 Å². The van der Waals surface area contributed by atoms with Crippen LogP contribution in [0.1, 0.15) is 19.6 Å². The first-order chi connectivity index (χ1) is 16.9. The molecule has 2 bridgehead atoms. The van der Waals surface area contributed by atoms with Crippen molar-refractivity contribution in [1.82, 2.24) is 14.1 Å². The number of carbonyl (C=O) groups is 1. The predicted molar refractivity (Wildman–Crippen MR) is 131 cm³/mol. The molecule has 3 aromatic carbocycles. The third-order valence-corrected chi connectivity index (χ3v) is 8.23. The quantitative estimate of drug-likeness (QED) is 0.307. The van der Waals surface area contributed by atoms with E-state index in [0.29, 0.717) is 0 Å². The summed E-state index contributed by atoms with van der Waals surface area (Å²) in [4.78, 5) is 16.2. The van der Waals surface area contributed by atoms with Gasteiger partial charge in [-0.15, -0.1) is 0 Å². The monoisotopic (exact) mass is 467 g/mol. The molecule has 2 aliphatic heterocycles. The number of para-hydroxylation sites is 2. The van der Waals surface area contributed by atoms with Crippen molar-refractivity contribution in [3.05, 3.63) is 54.7 Å². The lowest BCUT2D eigenvalue weighted by molar-refractivity contribution is -0.202. The third kappa shape index (κ3) is 1.87. The number of rotatable bonds is 1. The van der Waals surface area contributed by atoms with E-state index in [1.165, 1.54) is 7.11 Å². The van der Waals surface area contributed by atoms with Crippen molar-refractivity contribution >= 4 is 60.4 Å². The van der Waals surface area contributed by atoms with E-state index in [0.717, 1.165) is 54.4 Å². The second kappa shape index (κ2) is 5.79. The average Bonchev–Trinajstić information content (AvgIpc) is 3.55. The summed E-state index contributed by atoms with van der Waals surface area (Å²) in [7, 11) is 1.28. The normalized spacial score (nSPS) is 25.5. The summed E-state index contributed by atoms with van der Waals surface area (Å²) >= 11 is 0. The fourth-order valence-electron chi connectivity index (χ4n) is 6.76. The van der Waals surface area contributed by atoms with Crippen molar-refractivity contribution in [2.24, 2.45) is 0 Å². The second-order valence-corrected chi connectivity index (χ2v) is 9.72. The Morgan fingerprint density at radius 2 is 1.71 bits per heavy atom. The molecule has 0 aliphatic carbocycles. The Hall–Kier alpha value is -4.01. The molecule has 2 aliphatic rings. The summed E-state index contributed by atoms with van der Waals surface area (Å²) in [6, 6.07) is 15.8. The van der Waals surface area contributed by atoms with Gasteiger partial charge in [0, 0.05) is 39.5 Å². The van der Waals surface area contributed by atoms with Crippen LogP contribution in [0, 0.1) is 0 Å². The number of aromatic amines is 1. The van der Waals surface area contributed by atoms with E-state index in [-0.39, 0.29) is 12.3 Å². The van der Waals surface area contributed by atoms with Gasteiger partial charge >= 0.3 is 5.97 Å². The van der Waals surface area contributed by atoms with E-state index >= 15 is 0 Å². The Morgan fingerprint density at radius 3 is 2.46 bits per heavy atom. The largest absolute Gasteiger partial charge is 0.494 e. The lowest BCUT2D eigenvalue weighted by Gasteiger charge is -2.37. The summed E-state index contributed by atoms with van der Waals surface area (Å²) < 4.78 is 15.8. The van der Waals surface area contributed by atoms with Gasteiger partial charge in [-0.2, -0.15) is 0 Å². The van der Waals surface area contributed by atoms with Crippen molar-refractivity contribution < 1.29 is 24.5 Å². The lowest BCUT2D eigenvalue weighted by atomic mass is 9.89. The predicted octanol–water partition coefficient (Wildman–Crippen LogP) is 4.60. The van der Waals surface area contributed by atoms with E-state index in [1.54, 1.807) is 6.92 Å². The van der Waals surface area contributed by atoms with Crippen LogP contribution in [-0.4, -0.2) is 43.0 Å². The number of ether oxygens (including phenoxy) is 2. The van der Waals surface area contributed by atoms with Gasteiger partial charge in [-0.05, 0) is 19.1 Å². The van der Waals surface area contributed by atoms with Crippen LogP contribution in [0.5, 0.6) is 5.88 Å². The van der Waals surface area contributed by atoms with E-state index in [9.17, 15) is 15.0 Å². The van der Waals surface area contributed by atoms with Crippen LogP contribution in [0.15, 0.2) is 54.7 Å². The molecule has 0 saturated carbocycles. The highest BCUT2D eigenvalue weighted by Crippen LogP contribution is 2.58. The van der Waals surface area contributed by atoms with Crippen LogP contribution in [0.25, 0.3) is 54.4 Å². The number of hydrogen-bond acceptors (Lipinski definition) is 5. The van der Waals surface area contributed by atoms with Crippen molar-refractivity contribution in [3.63, 3.8) is 0 Å². The van der Waals surface area contributed by atoms with E-state index in [1.807, 2.05) is 59.3 Å². The number of fused-ring (bicyclic) bond motifs is 13. The topological polar surface area (TPSA) is 102 Å². The average molecular weight is 467 g/mol. The molecule has 0 radical (unpaired) electrons. The van der Waals surface area contributed by atoms with Crippen LogP contribution in [-0.2, 0) is 20.0 Å². The van der Waals surface area contributed by atoms with Gasteiger partial charge in [0.25, 0.3) is 0 Å². The van der Waals surface area contributed by atoms with Crippen molar-refractivity contribution in [2.45, 2.75) is 30.9 Å². The Balaban J connectivity index is 1.76. The number of carbonyl (C=O) groups excluding carboxylic acids is 1. The number of aromatic hydroxyl groups is 1. The Labute approximate surface area is 197 Å². The maximum Gasteiger partial charge on any atom is 0.343 e. The minimum absolute atomic E-state index is 0.0224. The number of nitrogens with one attached hydrogen (secondary N) is 1. The molecule has 1 saturated heterocycles. The van der Waals surface area contributed by atoms with Gasteiger partial charge in [-0.1, -0.05) is 36.4 Å². The molecular formula is C27H21N3O5. The molecule has 35 heavy (non-hydrogen) atoms. The number of nitrogens with zero attached hydrogens (tertiary/aromatic N) is 2. The molecule has 6 aromatic rings. The number of aromatic nitrogens is 3. The number of H-pyrrole nitrogens is 1. The molecule has 3 N–H and O–H groups in total. The molecular weight excluding hydrogens is 446 g/mol. The first-order valence-electron chi connectivity index (χ1n) is 11.6. The number of benzene rings is 3. The molecule has 5 heterocycles.